The highest BCUT2D eigenvalue weighted by molar-refractivity contribution is 5.41. The molecule has 82 valence electrons. The number of anilines is 1. The van der Waals surface area contributed by atoms with E-state index in [9.17, 15) is 0 Å². The van der Waals surface area contributed by atoms with E-state index in [1.165, 1.54) is 0 Å². The van der Waals surface area contributed by atoms with Crippen molar-refractivity contribution < 1.29 is 4.74 Å². The first-order valence-corrected chi connectivity index (χ1v) is 4.82. The summed E-state index contributed by atoms with van der Waals surface area (Å²) >= 11 is 0. The van der Waals surface area contributed by atoms with Crippen LogP contribution < -0.4 is 16.0 Å². The number of hydrogen-bond donors (Lipinski definition) is 2. The molecule has 5 heteroatoms. The minimum atomic E-state index is 0.555. The van der Waals surface area contributed by atoms with Crippen molar-refractivity contribution in [3.8, 4) is 11.5 Å². The maximum atomic E-state index is 5.65. The van der Waals surface area contributed by atoms with E-state index in [1.807, 2.05) is 19.1 Å². The summed E-state index contributed by atoms with van der Waals surface area (Å²) in [5.41, 5.74) is 3.30. The molecule has 16 heavy (non-hydrogen) atoms. The largest absolute Gasteiger partial charge is 0.455 e. The van der Waals surface area contributed by atoms with E-state index in [-0.39, 0.29) is 0 Å². The van der Waals surface area contributed by atoms with Gasteiger partial charge in [-0.25, -0.2) is 10.8 Å². The molecule has 0 aliphatic rings. The normalized spacial score (nSPS) is 9.88. The molecule has 2 heterocycles. The number of pyridine rings is 2. The fourth-order valence-electron chi connectivity index (χ4n) is 1.26. The molecule has 0 aliphatic heterocycles. The molecule has 0 atom stereocenters. The van der Waals surface area contributed by atoms with Crippen LogP contribution in [-0.4, -0.2) is 9.97 Å². The summed E-state index contributed by atoms with van der Waals surface area (Å²) in [6.07, 6.45) is 3.35. The number of rotatable bonds is 3. The average molecular weight is 216 g/mol. The standard InChI is InChI=1S/C11H12N4O/c1-8-10(3-2-5-13-8)16-9-4-6-14-11(7-9)15-12/h2-7H,12H2,1H3,(H,14,15). The Morgan fingerprint density at radius 2 is 2.12 bits per heavy atom. The molecule has 0 saturated carbocycles. The number of hydrogen-bond acceptors (Lipinski definition) is 5. The van der Waals surface area contributed by atoms with E-state index in [4.69, 9.17) is 10.6 Å². The van der Waals surface area contributed by atoms with Crippen LogP contribution in [0, 0.1) is 6.92 Å². The van der Waals surface area contributed by atoms with Gasteiger partial charge in [-0.2, -0.15) is 0 Å². The molecule has 0 aliphatic carbocycles. The van der Waals surface area contributed by atoms with Crippen molar-refractivity contribution in [1.29, 1.82) is 0 Å². The first kappa shape index (κ1) is 10.4. The molecule has 2 aromatic rings. The summed E-state index contributed by atoms with van der Waals surface area (Å²) in [5.74, 6) is 7.20. The molecule has 2 aromatic heterocycles. The van der Waals surface area contributed by atoms with Gasteiger partial charge in [-0.05, 0) is 25.1 Å². The van der Waals surface area contributed by atoms with Gasteiger partial charge >= 0.3 is 0 Å². The second-order valence-corrected chi connectivity index (χ2v) is 3.21. The Balaban J connectivity index is 2.24. The van der Waals surface area contributed by atoms with Gasteiger partial charge in [-0.3, -0.25) is 4.98 Å². The van der Waals surface area contributed by atoms with E-state index < -0.39 is 0 Å². The zero-order chi connectivity index (χ0) is 11.4. The van der Waals surface area contributed by atoms with Crippen molar-refractivity contribution in [3.05, 3.63) is 42.4 Å². The van der Waals surface area contributed by atoms with E-state index in [1.54, 1.807) is 24.5 Å². The lowest BCUT2D eigenvalue weighted by Gasteiger charge is -2.08. The van der Waals surface area contributed by atoms with Crippen molar-refractivity contribution in [2.24, 2.45) is 5.84 Å². The topological polar surface area (TPSA) is 73.1 Å². The molecule has 0 spiro atoms. The predicted molar refractivity (Wildman–Crippen MR) is 61.1 cm³/mol. The summed E-state index contributed by atoms with van der Waals surface area (Å²) in [4.78, 5) is 8.13. The van der Waals surface area contributed by atoms with Gasteiger partial charge in [0.15, 0.2) is 0 Å². The fourth-order valence-corrected chi connectivity index (χ4v) is 1.26. The lowest BCUT2D eigenvalue weighted by Crippen LogP contribution is -2.08. The van der Waals surface area contributed by atoms with Crippen LogP contribution in [0.2, 0.25) is 0 Å². The summed E-state index contributed by atoms with van der Waals surface area (Å²) in [6.45, 7) is 1.89. The van der Waals surface area contributed by atoms with Crippen LogP contribution in [0.1, 0.15) is 5.69 Å². The third-order valence-electron chi connectivity index (χ3n) is 2.07. The van der Waals surface area contributed by atoms with Gasteiger partial charge in [0.1, 0.15) is 17.3 Å². The van der Waals surface area contributed by atoms with Crippen molar-refractivity contribution >= 4 is 5.82 Å². The Morgan fingerprint density at radius 1 is 1.25 bits per heavy atom. The maximum absolute atomic E-state index is 5.65. The molecule has 0 amide bonds. The van der Waals surface area contributed by atoms with Crippen LogP contribution in [0.25, 0.3) is 0 Å². The number of nitrogen functional groups attached to an aromatic ring is 1. The molecule has 3 N–H and O–H groups in total. The fraction of sp³-hybridized carbons (Fsp3) is 0.0909. The number of nitrogens with zero attached hydrogens (tertiary/aromatic N) is 2. The molecule has 5 nitrogen and oxygen atoms in total. The second kappa shape index (κ2) is 4.59. The van der Waals surface area contributed by atoms with Crippen LogP contribution in [0.3, 0.4) is 0 Å². The number of ether oxygens (including phenoxy) is 1. The third kappa shape index (κ3) is 2.26. The van der Waals surface area contributed by atoms with Crippen molar-refractivity contribution in [2.45, 2.75) is 6.92 Å². The number of nitrogens with two attached hydrogens (primary N) is 1. The smallest absolute Gasteiger partial charge is 0.148 e. The van der Waals surface area contributed by atoms with Crippen molar-refractivity contribution in [3.63, 3.8) is 0 Å². The van der Waals surface area contributed by atoms with Gasteiger partial charge in [0.05, 0.1) is 5.69 Å². The van der Waals surface area contributed by atoms with Crippen LogP contribution in [0.4, 0.5) is 5.82 Å². The third-order valence-corrected chi connectivity index (χ3v) is 2.07. The summed E-state index contributed by atoms with van der Waals surface area (Å²) in [7, 11) is 0. The van der Waals surface area contributed by atoms with Gasteiger partial charge in [0.25, 0.3) is 0 Å². The van der Waals surface area contributed by atoms with Crippen molar-refractivity contribution in [1.82, 2.24) is 9.97 Å². The molecular weight excluding hydrogens is 204 g/mol. The summed E-state index contributed by atoms with van der Waals surface area (Å²) < 4.78 is 5.65. The molecule has 0 radical (unpaired) electrons. The van der Waals surface area contributed by atoms with E-state index in [2.05, 4.69) is 15.4 Å². The quantitative estimate of drug-likeness (QED) is 0.605. The van der Waals surface area contributed by atoms with Crippen LogP contribution in [0.5, 0.6) is 11.5 Å². The SMILES string of the molecule is Cc1ncccc1Oc1ccnc(NN)c1. The number of nitrogens with one attached hydrogen (secondary N) is 1. The Morgan fingerprint density at radius 3 is 2.88 bits per heavy atom. The number of aryl methyl sites for hydroxylation is 1. The van der Waals surface area contributed by atoms with Crippen LogP contribution in [0.15, 0.2) is 36.7 Å². The molecule has 0 bridgehead atoms. The number of aromatic nitrogens is 2. The highest BCUT2D eigenvalue weighted by Crippen LogP contribution is 2.24. The lowest BCUT2D eigenvalue weighted by molar-refractivity contribution is 0.475. The minimum absolute atomic E-state index is 0.555. The summed E-state index contributed by atoms with van der Waals surface area (Å²) in [5, 5.41) is 0. The van der Waals surface area contributed by atoms with Crippen molar-refractivity contribution in [2.75, 3.05) is 5.43 Å². The van der Waals surface area contributed by atoms with Gasteiger partial charge in [0, 0.05) is 18.5 Å². The molecule has 0 saturated heterocycles. The monoisotopic (exact) mass is 216 g/mol. The molecule has 0 unspecified atom stereocenters. The molecular formula is C11H12N4O. The Kier molecular flexibility index (Phi) is 2.98. The first-order valence-electron chi connectivity index (χ1n) is 4.82. The zero-order valence-electron chi connectivity index (χ0n) is 8.84. The number of hydrazine groups is 1. The van der Waals surface area contributed by atoms with E-state index in [0.29, 0.717) is 11.6 Å². The zero-order valence-corrected chi connectivity index (χ0v) is 8.84. The minimum Gasteiger partial charge on any atom is -0.455 e. The Labute approximate surface area is 93.3 Å². The molecule has 2 rings (SSSR count). The highest BCUT2D eigenvalue weighted by Gasteiger charge is 2.02. The second-order valence-electron chi connectivity index (χ2n) is 3.21. The maximum Gasteiger partial charge on any atom is 0.148 e. The highest BCUT2D eigenvalue weighted by atomic mass is 16.5. The first-order chi connectivity index (χ1) is 7.79. The van der Waals surface area contributed by atoms with Gasteiger partial charge < -0.3 is 10.2 Å². The van der Waals surface area contributed by atoms with Crippen LogP contribution >= 0.6 is 0 Å². The average Bonchev–Trinajstić information content (AvgIpc) is 2.32. The summed E-state index contributed by atoms with van der Waals surface area (Å²) in [6, 6.07) is 7.16. The Bertz CT molecular complexity index is 487. The lowest BCUT2D eigenvalue weighted by atomic mass is 10.3. The van der Waals surface area contributed by atoms with Gasteiger partial charge in [-0.1, -0.05) is 0 Å². The predicted octanol–water partition coefficient (Wildman–Crippen LogP) is 1.86. The van der Waals surface area contributed by atoms with E-state index in [0.717, 1.165) is 11.4 Å². The van der Waals surface area contributed by atoms with E-state index >= 15 is 0 Å². The molecule has 0 fully saturated rings. The van der Waals surface area contributed by atoms with Gasteiger partial charge in [0.2, 0.25) is 0 Å². The van der Waals surface area contributed by atoms with Crippen LogP contribution in [-0.2, 0) is 0 Å². The van der Waals surface area contributed by atoms with Gasteiger partial charge in [-0.15, -0.1) is 0 Å². The Hall–Kier alpha value is -2.14. The molecule has 0 aromatic carbocycles.